The van der Waals surface area contributed by atoms with Gasteiger partial charge in [-0.25, -0.2) is 0 Å². The molecule has 0 saturated heterocycles. The summed E-state index contributed by atoms with van der Waals surface area (Å²) in [5.41, 5.74) is 0. The predicted molar refractivity (Wildman–Crippen MR) is 63.5 cm³/mol. The summed E-state index contributed by atoms with van der Waals surface area (Å²) >= 11 is 0. The number of carbonyl (C=O) groups is 1. The molecule has 100 valence electrons. The Labute approximate surface area is 102 Å². The van der Waals surface area contributed by atoms with Crippen LogP contribution in [-0.4, -0.2) is 48.1 Å². The maximum atomic E-state index is 11.6. The standard InChI is InChI=1S/C12H23NO4/c1-2-17-12(16)9-4-3-5-10(6-9)13-7-11(15)8-14/h9-11,13-15H,2-8H2,1H3. The predicted octanol–water partition coefficient (Wildman–Crippen LogP) is 0.0511. The van der Waals surface area contributed by atoms with Crippen LogP contribution in [0.1, 0.15) is 32.6 Å². The molecule has 1 aliphatic rings. The molecule has 0 aromatic carbocycles. The number of hydrogen-bond donors (Lipinski definition) is 3. The molecule has 1 rings (SSSR count). The zero-order chi connectivity index (χ0) is 12.7. The summed E-state index contributed by atoms with van der Waals surface area (Å²) in [5, 5.41) is 21.1. The second kappa shape index (κ2) is 7.63. The molecule has 0 heterocycles. The fraction of sp³-hybridized carbons (Fsp3) is 0.917. The van der Waals surface area contributed by atoms with Gasteiger partial charge in [0.05, 0.1) is 25.2 Å². The third kappa shape index (κ3) is 5.02. The van der Waals surface area contributed by atoms with Gasteiger partial charge in [0, 0.05) is 12.6 Å². The quantitative estimate of drug-likeness (QED) is 0.576. The maximum absolute atomic E-state index is 11.6. The van der Waals surface area contributed by atoms with Crippen molar-refractivity contribution in [3.63, 3.8) is 0 Å². The van der Waals surface area contributed by atoms with E-state index in [4.69, 9.17) is 9.84 Å². The third-order valence-electron chi connectivity index (χ3n) is 3.15. The first-order chi connectivity index (χ1) is 8.17. The number of nitrogens with one attached hydrogen (secondary N) is 1. The average Bonchev–Trinajstić information content (AvgIpc) is 2.36. The highest BCUT2D eigenvalue weighted by molar-refractivity contribution is 5.72. The second-order valence-electron chi connectivity index (χ2n) is 4.56. The van der Waals surface area contributed by atoms with Gasteiger partial charge in [0.15, 0.2) is 0 Å². The van der Waals surface area contributed by atoms with Crippen LogP contribution < -0.4 is 5.32 Å². The molecule has 3 N–H and O–H groups in total. The van der Waals surface area contributed by atoms with Crippen LogP contribution in [0.2, 0.25) is 0 Å². The molecule has 0 radical (unpaired) electrons. The van der Waals surface area contributed by atoms with Gasteiger partial charge in [-0.3, -0.25) is 4.79 Å². The Morgan fingerprint density at radius 2 is 2.29 bits per heavy atom. The van der Waals surface area contributed by atoms with Crippen molar-refractivity contribution < 1.29 is 19.7 Å². The molecular weight excluding hydrogens is 222 g/mol. The highest BCUT2D eigenvalue weighted by Crippen LogP contribution is 2.25. The molecule has 1 saturated carbocycles. The van der Waals surface area contributed by atoms with Crippen molar-refractivity contribution in [2.45, 2.75) is 44.8 Å². The third-order valence-corrected chi connectivity index (χ3v) is 3.15. The molecule has 1 fully saturated rings. The second-order valence-corrected chi connectivity index (χ2v) is 4.56. The van der Waals surface area contributed by atoms with Gasteiger partial charge in [-0.15, -0.1) is 0 Å². The first-order valence-corrected chi connectivity index (χ1v) is 6.36. The van der Waals surface area contributed by atoms with Crippen molar-refractivity contribution in [3.8, 4) is 0 Å². The van der Waals surface area contributed by atoms with Gasteiger partial charge in [0.25, 0.3) is 0 Å². The average molecular weight is 245 g/mol. The molecule has 0 spiro atoms. The summed E-state index contributed by atoms with van der Waals surface area (Å²) in [6, 6.07) is 0.236. The Kier molecular flexibility index (Phi) is 6.47. The number of hydrogen-bond acceptors (Lipinski definition) is 5. The molecule has 5 heteroatoms. The summed E-state index contributed by atoms with van der Waals surface area (Å²) in [5.74, 6) is -0.130. The lowest BCUT2D eigenvalue weighted by atomic mass is 9.85. The molecule has 3 atom stereocenters. The van der Waals surface area contributed by atoms with E-state index in [1.54, 1.807) is 0 Å². The van der Waals surface area contributed by atoms with Crippen molar-refractivity contribution in [2.75, 3.05) is 19.8 Å². The minimum Gasteiger partial charge on any atom is -0.466 e. The van der Waals surface area contributed by atoms with Gasteiger partial charge in [-0.05, 0) is 26.2 Å². The largest absolute Gasteiger partial charge is 0.466 e. The highest BCUT2D eigenvalue weighted by Gasteiger charge is 2.28. The number of rotatable bonds is 6. The van der Waals surface area contributed by atoms with E-state index >= 15 is 0 Å². The normalized spacial score (nSPS) is 26.5. The molecule has 3 unspecified atom stereocenters. The van der Waals surface area contributed by atoms with Crippen LogP contribution in [0.4, 0.5) is 0 Å². The molecule has 1 aliphatic carbocycles. The highest BCUT2D eigenvalue weighted by atomic mass is 16.5. The van der Waals surface area contributed by atoms with Crippen molar-refractivity contribution in [3.05, 3.63) is 0 Å². The topological polar surface area (TPSA) is 78.8 Å². The van der Waals surface area contributed by atoms with E-state index in [9.17, 15) is 9.90 Å². The van der Waals surface area contributed by atoms with Crippen LogP contribution in [-0.2, 0) is 9.53 Å². The maximum Gasteiger partial charge on any atom is 0.308 e. The van der Waals surface area contributed by atoms with Crippen LogP contribution >= 0.6 is 0 Å². The van der Waals surface area contributed by atoms with E-state index in [0.717, 1.165) is 25.7 Å². The van der Waals surface area contributed by atoms with Gasteiger partial charge in [0.2, 0.25) is 0 Å². The monoisotopic (exact) mass is 245 g/mol. The lowest BCUT2D eigenvalue weighted by molar-refractivity contribution is -0.149. The first-order valence-electron chi connectivity index (χ1n) is 6.36. The minimum absolute atomic E-state index is 0.0209. The van der Waals surface area contributed by atoms with E-state index in [0.29, 0.717) is 13.2 Å². The lowest BCUT2D eigenvalue weighted by Crippen LogP contribution is -2.41. The van der Waals surface area contributed by atoms with Crippen LogP contribution in [0.3, 0.4) is 0 Å². The van der Waals surface area contributed by atoms with E-state index in [-0.39, 0.29) is 24.5 Å². The van der Waals surface area contributed by atoms with Crippen molar-refractivity contribution in [1.29, 1.82) is 0 Å². The summed E-state index contributed by atoms with van der Waals surface area (Å²) in [6.07, 6.45) is 2.93. The summed E-state index contributed by atoms with van der Waals surface area (Å²) in [7, 11) is 0. The van der Waals surface area contributed by atoms with Gasteiger partial charge in [-0.2, -0.15) is 0 Å². The van der Waals surface area contributed by atoms with Gasteiger partial charge < -0.3 is 20.3 Å². The molecule has 5 nitrogen and oxygen atoms in total. The Balaban J connectivity index is 2.30. The molecule has 0 aromatic rings. The van der Waals surface area contributed by atoms with Crippen molar-refractivity contribution in [2.24, 2.45) is 5.92 Å². The Morgan fingerprint density at radius 1 is 1.53 bits per heavy atom. The van der Waals surface area contributed by atoms with Crippen molar-refractivity contribution in [1.82, 2.24) is 5.32 Å². The molecule has 0 bridgehead atoms. The van der Waals surface area contributed by atoms with E-state index in [1.165, 1.54) is 0 Å². The van der Waals surface area contributed by atoms with Crippen LogP contribution in [0, 0.1) is 5.92 Å². The van der Waals surface area contributed by atoms with Gasteiger partial charge in [0.1, 0.15) is 0 Å². The van der Waals surface area contributed by atoms with E-state index in [2.05, 4.69) is 5.32 Å². The van der Waals surface area contributed by atoms with Crippen LogP contribution in [0.5, 0.6) is 0 Å². The fourth-order valence-electron chi connectivity index (χ4n) is 2.22. The van der Waals surface area contributed by atoms with Crippen molar-refractivity contribution >= 4 is 5.97 Å². The zero-order valence-electron chi connectivity index (χ0n) is 10.4. The lowest BCUT2D eigenvalue weighted by Gasteiger charge is -2.29. The summed E-state index contributed by atoms with van der Waals surface area (Å²) < 4.78 is 5.02. The Hall–Kier alpha value is -0.650. The van der Waals surface area contributed by atoms with E-state index in [1.807, 2.05) is 6.92 Å². The van der Waals surface area contributed by atoms with Crippen LogP contribution in [0.25, 0.3) is 0 Å². The summed E-state index contributed by atoms with van der Waals surface area (Å²) in [4.78, 5) is 11.6. The Bertz CT molecular complexity index is 235. The SMILES string of the molecule is CCOC(=O)C1CCCC(NCC(O)CO)C1. The zero-order valence-corrected chi connectivity index (χ0v) is 10.4. The van der Waals surface area contributed by atoms with E-state index < -0.39 is 6.10 Å². The number of carbonyl (C=O) groups excluding carboxylic acids is 1. The molecular formula is C12H23NO4. The van der Waals surface area contributed by atoms with Gasteiger partial charge in [-0.1, -0.05) is 6.42 Å². The molecule has 17 heavy (non-hydrogen) atoms. The van der Waals surface area contributed by atoms with Crippen LogP contribution in [0.15, 0.2) is 0 Å². The molecule has 0 amide bonds. The summed E-state index contributed by atoms with van der Waals surface area (Å²) in [6.45, 7) is 2.38. The molecule has 0 aliphatic heterocycles. The number of ether oxygens (including phenoxy) is 1. The number of esters is 1. The first kappa shape index (κ1) is 14.4. The minimum atomic E-state index is -0.724. The smallest absolute Gasteiger partial charge is 0.308 e. The molecule has 0 aromatic heterocycles. The fourth-order valence-corrected chi connectivity index (χ4v) is 2.22. The Morgan fingerprint density at radius 3 is 2.94 bits per heavy atom. The number of aliphatic hydroxyl groups excluding tert-OH is 2. The van der Waals surface area contributed by atoms with Gasteiger partial charge >= 0.3 is 5.97 Å². The number of aliphatic hydroxyl groups is 2.